The van der Waals surface area contributed by atoms with Gasteiger partial charge < -0.3 is 0 Å². The highest BCUT2D eigenvalue weighted by atomic mass is 32.1. The van der Waals surface area contributed by atoms with Crippen LogP contribution in [0.15, 0.2) is 170 Å². The van der Waals surface area contributed by atoms with E-state index in [0.29, 0.717) is 0 Å². The van der Waals surface area contributed by atoms with Crippen molar-refractivity contribution in [3.05, 3.63) is 170 Å². The molecule has 0 unspecified atom stereocenters. The van der Waals surface area contributed by atoms with Gasteiger partial charge in [-0.1, -0.05) is 91.0 Å². The van der Waals surface area contributed by atoms with Gasteiger partial charge in [-0.3, -0.25) is 18.5 Å². The topological polar surface area (TPSA) is 52.9 Å². The lowest BCUT2D eigenvalue weighted by atomic mass is 9.95. The maximum atomic E-state index is 5.59. The van der Waals surface area contributed by atoms with Gasteiger partial charge in [0.1, 0.15) is 11.2 Å². The molecule has 0 atom stereocenters. The molecule has 0 aliphatic heterocycles. The number of pyridine rings is 2. The van der Waals surface area contributed by atoms with Gasteiger partial charge in [-0.05, 0) is 72.3 Å². The number of para-hydroxylation sites is 4. The molecule has 0 bridgehead atoms. The summed E-state index contributed by atoms with van der Waals surface area (Å²) in [4.78, 5) is 15.5. The summed E-state index contributed by atoms with van der Waals surface area (Å²) in [5.41, 5.74) is 12.6. The Hall–Kier alpha value is -7.09. The number of imidazole rings is 2. The van der Waals surface area contributed by atoms with Crippen molar-refractivity contribution in [2.24, 2.45) is 0 Å². The molecule has 0 radical (unpaired) electrons. The number of hydrogen-bond donors (Lipinski definition) is 0. The van der Waals surface area contributed by atoms with E-state index < -0.39 is 0 Å². The molecule has 0 aliphatic rings. The first kappa shape index (κ1) is 29.5. The van der Waals surface area contributed by atoms with E-state index in [9.17, 15) is 0 Å². The molecule has 0 spiro atoms. The van der Waals surface area contributed by atoms with Gasteiger partial charge in [-0.25, -0.2) is 9.97 Å². The fourth-order valence-corrected chi connectivity index (χ4v) is 9.72. The van der Waals surface area contributed by atoms with Crippen LogP contribution in [0.3, 0.4) is 0 Å². The smallest absolute Gasteiger partial charge is 0.220 e. The van der Waals surface area contributed by atoms with E-state index in [1.165, 1.54) is 20.2 Å². The minimum absolute atomic E-state index is 0.853. The summed E-state index contributed by atoms with van der Waals surface area (Å²) in [6.45, 7) is 0. The molecule has 12 aromatic rings. The SMILES string of the molecule is c1ccc(-n2c3ncccc3c3ccc4c(nc5n(-c6ccccc6-c6ccccc6-c6nccc7c6sc6ccccc67)c6ccccc6n45)c32)cc1. The summed E-state index contributed by atoms with van der Waals surface area (Å²) in [7, 11) is 0. The molecule has 6 aromatic heterocycles. The zero-order valence-corrected chi connectivity index (χ0v) is 29.6. The molecular formula is C47H28N6S. The van der Waals surface area contributed by atoms with Gasteiger partial charge in [0.2, 0.25) is 5.78 Å². The Bertz CT molecular complexity index is 3460. The Kier molecular flexibility index (Phi) is 6.12. The second-order valence-corrected chi connectivity index (χ2v) is 14.7. The highest BCUT2D eigenvalue weighted by Crippen LogP contribution is 2.44. The predicted molar refractivity (Wildman–Crippen MR) is 223 cm³/mol. The molecule has 0 saturated carbocycles. The predicted octanol–water partition coefficient (Wildman–Crippen LogP) is 12.0. The summed E-state index contributed by atoms with van der Waals surface area (Å²) in [5, 5.41) is 4.74. The van der Waals surface area contributed by atoms with Crippen LogP contribution in [0.4, 0.5) is 0 Å². The Morgan fingerprint density at radius 3 is 2.11 bits per heavy atom. The third-order valence-electron chi connectivity index (χ3n) is 10.8. The van der Waals surface area contributed by atoms with Gasteiger partial charge in [0.25, 0.3) is 0 Å². The minimum atomic E-state index is 0.853. The molecule has 0 amide bonds. The molecule has 6 heterocycles. The molecule has 0 fully saturated rings. The highest BCUT2D eigenvalue weighted by Gasteiger charge is 2.24. The van der Waals surface area contributed by atoms with Gasteiger partial charge in [0, 0.05) is 55.5 Å². The molecule has 7 heteroatoms. The van der Waals surface area contributed by atoms with Crippen molar-refractivity contribution >= 4 is 81.3 Å². The number of nitrogens with zero attached hydrogens (tertiary/aromatic N) is 6. The molecule has 0 aliphatic carbocycles. The Morgan fingerprint density at radius 1 is 0.463 bits per heavy atom. The van der Waals surface area contributed by atoms with E-state index in [0.717, 1.165) is 83.5 Å². The molecule has 12 rings (SSSR count). The van der Waals surface area contributed by atoms with E-state index in [-0.39, 0.29) is 0 Å². The largest absolute Gasteiger partial charge is 0.292 e. The molecular weight excluding hydrogens is 681 g/mol. The molecule has 54 heavy (non-hydrogen) atoms. The van der Waals surface area contributed by atoms with Gasteiger partial charge >= 0.3 is 0 Å². The maximum absolute atomic E-state index is 5.59. The van der Waals surface area contributed by atoms with Crippen LogP contribution in [-0.4, -0.2) is 28.5 Å². The summed E-state index contributed by atoms with van der Waals surface area (Å²) < 4.78 is 9.37. The molecule has 6 nitrogen and oxygen atoms in total. The summed E-state index contributed by atoms with van der Waals surface area (Å²) in [6, 6.07) is 55.8. The Labute approximate surface area is 312 Å². The normalized spacial score (nSPS) is 12.1. The zero-order valence-electron chi connectivity index (χ0n) is 28.8. The van der Waals surface area contributed by atoms with Crippen molar-refractivity contribution < 1.29 is 0 Å². The van der Waals surface area contributed by atoms with Crippen LogP contribution >= 0.6 is 11.3 Å². The number of fused-ring (bicyclic) bond motifs is 12. The van der Waals surface area contributed by atoms with Crippen molar-refractivity contribution in [1.82, 2.24) is 28.5 Å². The third kappa shape index (κ3) is 4.01. The van der Waals surface area contributed by atoms with Crippen LogP contribution in [0.2, 0.25) is 0 Å². The number of thiophene rings is 1. The number of rotatable bonds is 4. The first-order valence-electron chi connectivity index (χ1n) is 18.0. The summed E-state index contributed by atoms with van der Waals surface area (Å²) >= 11 is 1.81. The standard InChI is InChI=1S/C47H28N6S/c1-2-13-29(14-3-1)51-44-34(36-19-12-27-49-46(36)51)24-25-40-43(44)50-47-52(38-21-9-10-22-39(38)53(40)47)37-20-8-6-16-31(37)30-15-4-5-18-33(30)42-45-35(26-28-48-42)32-17-7-11-23-41(32)54-45/h1-28H. The van der Waals surface area contributed by atoms with Crippen LogP contribution in [0.5, 0.6) is 0 Å². The molecule has 6 aromatic carbocycles. The Morgan fingerprint density at radius 2 is 1.20 bits per heavy atom. The van der Waals surface area contributed by atoms with E-state index >= 15 is 0 Å². The average Bonchev–Trinajstić information content (AvgIpc) is 3.98. The van der Waals surface area contributed by atoms with Crippen LogP contribution < -0.4 is 0 Å². The first-order chi connectivity index (χ1) is 26.8. The molecule has 0 saturated heterocycles. The second kappa shape index (κ2) is 11.2. The fraction of sp³-hybridized carbons (Fsp3) is 0. The van der Waals surface area contributed by atoms with Crippen LogP contribution in [0.1, 0.15) is 0 Å². The number of aromatic nitrogens is 6. The van der Waals surface area contributed by atoms with Crippen molar-refractivity contribution in [1.29, 1.82) is 0 Å². The fourth-order valence-electron chi connectivity index (χ4n) is 8.52. The van der Waals surface area contributed by atoms with E-state index in [1.807, 2.05) is 29.8 Å². The lowest BCUT2D eigenvalue weighted by Gasteiger charge is -2.16. The van der Waals surface area contributed by atoms with Crippen molar-refractivity contribution in [3.63, 3.8) is 0 Å². The van der Waals surface area contributed by atoms with Crippen LogP contribution in [0, 0.1) is 0 Å². The van der Waals surface area contributed by atoms with Gasteiger partial charge in [0.15, 0.2) is 0 Å². The monoisotopic (exact) mass is 708 g/mol. The average molecular weight is 709 g/mol. The lowest BCUT2D eigenvalue weighted by Crippen LogP contribution is -1.99. The van der Waals surface area contributed by atoms with Crippen molar-refractivity contribution in [2.45, 2.75) is 0 Å². The van der Waals surface area contributed by atoms with Crippen LogP contribution in [0.25, 0.3) is 104 Å². The van der Waals surface area contributed by atoms with Gasteiger partial charge in [-0.2, -0.15) is 0 Å². The quantitative estimate of drug-likeness (QED) is 0.183. The summed E-state index contributed by atoms with van der Waals surface area (Å²) in [5.74, 6) is 0.853. The zero-order chi connectivity index (χ0) is 35.3. The third-order valence-corrected chi connectivity index (χ3v) is 12.0. The van der Waals surface area contributed by atoms with Crippen LogP contribution in [-0.2, 0) is 0 Å². The summed E-state index contributed by atoms with van der Waals surface area (Å²) in [6.07, 6.45) is 3.82. The van der Waals surface area contributed by atoms with Crippen molar-refractivity contribution in [3.8, 4) is 33.8 Å². The number of hydrogen-bond acceptors (Lipinski definition) is 4. The van der Waals surface area contributed by atoms with E-state index in [2.05, 4.69) is 165 Å². The van der Waals surface area contributed by atoms with Crippen molar-refractivity contribution in [2.75, 3.05) is 0 Å². The van der Waals surface area contributed by atoms with Gasteiger partial charge in [-0.15, -0.1) is 11.3 Å². The lowest BCUT2D eigenvalue weighted by molar-refractivity contribution is 1.11. The number of benzene rings is 6. The van der Waals surface area contributed by atoms with Gasteiger partial charge in [0.05, 0.1) is 38.1 Å². The molecule has 252 valence electrons. The Balaban J connectivity index is 1.16. The maximum Gasteiger partial charge on any atom is 0.220 e. The molecule has 0 N–H and O–H groups in total. The first-order valence-corrected chi connectivity index (χ1v) is 18.9. The van der Waals surface area contributed by atoms with E-state index in [4.69, 9.17) is 15.0 Å². The van der Waals surface area contributed by atoms with E-state index in [1.54, 1.807) is 0 Å². The minimum Gasteiger partial charge on any atom is -0.292 e. The second-order valence-electron chi connectivity index (χ2n) is 13.6. The highest BCUT2D eigenvalue weighted by molar-refractivity contribution is 7.26.